The Labute approximate surface area is 147 Å². The standard InChI is InChI=1S/C18H20FNO4S/c1-23-13-9-10-17(24-2)14(12-13)16-7-5-11-20(16)25(21,22)18-8-4-3-6-15(18)19/h3-4,6,8-10,12,16H,5,7,11H2,1-2H3/t16-/m1/s1. The Morgan fingerprint density at radius 1 is 1.12 bits per heavy atom. The smallest absolute Gasteiger partial charge is 0.246 e. The van der Waals surface area contributed by atoms with Gasteiger partial charge in [-0.2, -0.15) is 4.31 Å². The number of halogens is 1. The van der Waals surface area contributed by atoms with Gasteiger partial charge >= 0.3 is 0 Å². The molecule has 7 heteroatoms. The van der Waals surface area contributed by atoms with Gasteiger partial charge < -0.3 is 9.47 Å². The van der Waals surface area contributed by atoms with Crippen LogP contribution in [0.1, 0.15) is 24.4 Å². The first-order valence-corrected chi connectivity index (χ1v) is 9.41. The zero-order valence-electron chi connectivity index (χ0n) is 14.1. The lowest BCUT2D eigenvalue weighted by Crippen LogP contribution is -2.31. The third kappa shape index (κ3) is 3.21. The molecule has 0 unspecified atom stereocenters. The lowest BCUT2D eigenvalue weighted by Gasteiger charge is -2.26. The molecule has 3 rings (SSSR count). The minimum absolute atomic E-state index is 0.302. The van der Waals surface area contributed by atoms with E-state index in [1.807, 2.05) is 0 Å². The van der Waals surface area contributed by atoms with E-state index in [0.29, 0.717) is 30.9 Å². The second-order valence-electron chi connectivity index (χ2n) is 5.81. The molecule has 0 aliphatic carbocycles. The summed E-state index contributed by atoms with van der Waals surface area (Å²) in [5, 5.41) is 0. The molecule has 25 heavy (non-hydrogen) atoms. The van der Waals surface area contributed by atoms with Gasteiger partial charge in [0.1, 0.15) is 22.2 Å². The van der Waals surface area contributed by atoms with Crippen molar-refractivity contribution < 1.29 is 22.3 Å². The largest absolute Gasteiger partial charge is 0.497 e. The molecule has 1 aliphatic rings. The van der Waals surface area contributed by atoms with Gasteiger partial charge in [0.25, 0.3) is 0 Å². The van der Waals surface area contributed by atoms with Gasteiger partial charge in [-0.1, -0.05) is 12.1 Å². The number of ether oxygens (including phenoxy) is 2. The molecule has 2 aromatic rings. The zero-order chi connectivity index (χ0) is 18.0. The molecule has 134 valence electrons. The highest BCUT2D eigenvalue weighted by Gasteiger charge is 2.38. The zero-order valence-corrected chi connectivity index (χ0v) is 14.9. The van der Waals surface area contributed by atoms with Crippen molar-refractivity contribution in [1.82, 2.24) is 4.31 Å². The summed E-state index contributed by atoms with van der Waals surface area (Å²) < 4.78 is 52.1. The van der Waals surface area contributed by atoms with Crippen LogP contribution in [0, 0.1) is 5.82 Å². The van der Waals surface area contributed by atoms with Crippen molar-refractivity contribution >= 4 is 10.0 Å². The second kappa shape index (κ2) is 7.01. The second-order valence-corrected chi connectivity index (χ2v) is 7.67. The van der Waals surface area contributed by atoms with E-state index in [2.05, 4.69) is 0 Å². The molecule has 0 N–H and O–H groups in total. The lowest BCUT2D eigenvalue weighted by molar-refractivity contribution is 0.360. The summed E-state index contributed by atoms with van der Waals surface area (Å²) in [6.45, 7) is 0.335. The van der Waals surface area contributed by atoms with E-state index in [0.717, 1.165) is 11.6 Å². The maximum atomic E-state index is 14.1. The first-order valence-electron chi connectivity index (χ1n) is 7.97. The summed E-state index contributed by atoms with van der Waals surface area (Å²) >= 11 is 0. The minimum Gasteiger partial charge on any atom is -0.497 e. The Bertz CT molecular complexity index is 869. The lowest BCUT2D eigenvalue weighted by atomic mass is 10.0. The van der Waals surface area contributed by atoms with Crippen molar-refractivity contribution in [3.05, 3.63) is 53.8 Å². The first kappa shape index (κ1) is 17.7. The van der Waals surface area contributed by atoms with E-state index in [1.54, 1.807) is 25.3 Å². The molecule has 1 aliphatic heterocycles. The van der Waals surface area contributed by atoms with E-state index in [-0.39, 0.29) is 4.90 Å². The summed E-state index contributed by atoms with van der Waals surface area (Å²) in [5.74, 6) is 0.457. The number of sulfonamides is 1. The molecular formula is C18H20FNO4S. The predicted octanol–water partition coefficient (Wildman–Crippen LogP) is 3.37. The Hall–Kier alpha value is -2.12. The molecule has 1 atom stereocenters. The third-order valence-electron chi connectivity index (χ3n) is 4.42. The highest BCUT2D eigenvalue weighted by atomic mass is 32.2. The number of hydrogen-bond donors (Lipinski definition) is 0. The van der Waals surface area contributed by atoms with Crippen molar-refractivity contribution in [3.8, 4) is 11.5 Å². The monoisotopic (exact) mass is 365 g/mol. The van der Waals surface area contributed by atoms with Crippen LogP contribution in [-0.2, 0) is 10.0 Å². The Kier molecular flexibility index (Phi) is 4.96. The van der Waals surface area contributed by atoms with Crippen LogP contribution in [-0.4, -0.2) is 33.5 Å². The third-order valence-corrected chi connectivity index (χ3v) is 6.36. The number of benzene rings is 2. The topological polar surface area (TPSA) is 55.8 Å². The van der Waals surface area contributed by atoms with Gasteiger partial charge in [-0.25, -0.2) is 12.8 Å². The fourth-order valence-electron chi connectivity index (χ4n) is 3.22. The molecule has 1 saturated heterocycles. The highest BCUT2D eigenvalue weighted by Crippen LogP contribution is 2.41. The quantitative estimate of drug-likeness (QED) is 0.815. The van der Waals surface area contributed by atoms with Crippen molar-refractivity contribution in [2.24, 2.45) is 0 Å². The molecule has 0 radical (unpaired) electrons. The number of hydrogen-bond acceptors (Lipinski definition) is 4. The van der Waals surface area contributed by atoms with E-state index in [9.17, 15) is 12.8 Å². The molecule has 0 amide bonds. The summed E-state index contributed by atoms with van der Waals surface area (Å²) in [4.78, 5) is -0.302. The first-order chi connectivity index (χ1) is 12.0. The average Bonchev–Trinajstić information content (AvgIpc) is 3.11. The van der Waals surface area contributed by atoms with Crippen molar-refractivity contribution in [2.75, 3.05) is 20.8 Å². The van der Waals surface area contributed by atoms with E-state index in [1.165, 1.54) is 29.6 Å². The molecule has 0 saturated carbocycles. The molecule has 5 nitrogen and oxygen atoms in total. The Morgan fingerprint density at radius 3 is 2.56 bits per heavy atom. The molecule has 0 aromatic heterocycles. The predicted molar refractivity (Wildman–Crippen MR) is 91.8 cm³/mol. The molecule has 1 heterocycles. The normalized spacial score (nSPS) is 18.3. The molecule has 0 bridgehead atoms. The average molecular weight is 365 g/mol. The number of nitrogens with zero attached hydrogens (tertiary/aromatic N) is 1. The Balaban J connectivity index is 2.06. The molecule has 1 fully saturated rings. The van der Waals surface area contributed by atoms with Gasteiger partial charge in [0.2, 0.25) is 10.0 Å². The van der Waals surface area contributed by atoms with Crippen LogP contribution in [0.3, 0.4) is 0 Å². The van der Waals surface area contributed by atoms with Crippen LogP contribution < -0.4 is 9.47 Å². The van der Waals surface area contributed by atoms with Crippen LogP contribution >= 0.6 is 0 Å². The minimum atomic E-state index is -3.95. The summed E-state index contributed by atoms with van der Waals surface area (Å²) in [7, 11) is -0.862. The van der Waals surface area contributed by atoms with Gasteiger partial charge in [-0.3, -0.25) is 0 Å². The SMILES string of the molecule is COc1ccc(OC)c([C@H]2CCCN2S(=O)(=O)c2ccccc2F)c1. The van der Waals surface area contributed by atoms with Gasteiger partial charge in [0.15, 0.2) is 0 Å². The van der Waals surface area contributed by atoms with Crippen LogP contribution in [0.25, 0.3) is 0 Å². The van der Waals surface area contributed by atoms with Crippen molar-refractivity contribution in [1.29, 1.82) is 0 Å². The molecule has 2 aromatic carbocycles. The van der Waals surface area contributed by atoms with Crippen LogP contribution in [0.2, 0.25) is 0 Å². The van der Waals surface area contributed by atoms with E-state index < -0.39 is 21.9 Å². The van der Waals surface area contributed by atoms with Crippen molar-refractivity contribution in [2.45, 2.75) is 23.8 Å². The number of rotatable bonds is 5. The summed E-state index contributed by atoms with van der Waals surface area (Å²) in [6.07, 6.45) is 1.33. The fourth-order valence-corrected chi connectivity index (χ4v) is 4.96. The maximum absolute atomic E-state index is 14.1. The van der Waals surface area contributed by atoms with Gasteiger partial charge in [0, 0.05) is 12.1 Å². The Morgan fingerprint density at radius 2 is 1.88 bits per heavy atom. The van der Waals surface area contributed by atoms with Gasteiger partial charge in [-0.05, 0) is 43.2 Å². The van der Waals surface area contributed by atoms with Crippen LogP contribution in [0.4, 0.5) is 4.39 Å². The summed E-state index contributed by atoms with van der Waals surface area (Å²) in [6, 6.07) is 10.3. The maximum Gasteiger partial charge on any atom is 0.246 e. The number of methoxy groups -OCH3 is 2. The molecular weight excluding hydrogens is 345 g/mol. The summed E-state index contributed by atoms with van der Waals surface area (Å²) in [5.41, 5.74) is 0.722. The van der Waals surface area contributed by atoms with Gasteiger partial charge in [-0.15, -0.1) is 0 Å². The van der Waals surface area contributed by atoms with Crippen LogP contribution in [0.15, 0.2) is 47.4 Å². The van der Waals surface area contributed by atoms with E-state index in [4.69, 9.17) is 9.47 Å². The van der Waals surface area contributed by atoms with E-state index >= 15 is 0 Å². The van der Waals surface area contributed by atoms with Gasteiger partial charge in [0.05, 0.1) is 20.3 Å². The van der Waals surface area contributed by atoms with Crippen LogP contribution in [0.5, 0.6) is 11.5 Å². The molecule has 0 spiro atoms. The fraction of sp³-hybridized carbons (Fsp3) is 0.333. The van der Waals surface area contributed by atoms with Crippen molar-refractivity contribution in [3.63, 3.8) is 0 Å². The highest BCUT2D eigenvalue weighted by molar-refractivity contribution is 7.89.